The average molecular weight is 479 g/mol. The van der Waals surface area contributed by atoms with Gasteiger partial charge in [0.05, 0.1) is 22.2 Å². The minimum atomic E-state index is -4.53. The Hall–Kier alpha value is -2.85. The Morgan fingerprint density at radius 1 is 1.15 bits per heavy atom. The summed E-state index contributed by atoms with van der Waals surface area (Å²) in [5.74, 6) is 0.407. The van der Waals surface area contributed by atoms with Gasteiger partial charge in [-0.3, -0.25) is 14.2 Å². The van der Waals surface area contributed by atoms with Crippen LogP contribution in [0, 0.1) is 0 Å². The zero-order chi connectivity index (χ0) is 24.0. The molecule has 176 valence electrons. The average Bonchev–Trinajstić information content (AvgIpc) is 2.76. The number of carbonyl (C=O) groups excluding carboxylic acids is 1. The lowest BCUT2D eigenvalue weighted by Crippen LogP contribution is -2.31. The zero-order valence-electron chi connectivity index (χ0n) is 18.4. The van der Waals surface area contributed by atoms with Crippen LogP contribution in [0.4, 0.5) is 13.2 Å². The van der Waals surface area contributed by atoms with E-state index < -0.39 is 17.3 Å². The number of halogens is 3. The molecule has 1 amide bonds. The molecule has 3 rings (SSSR count). The van der Waals surface area contributed by atoms with Gasteiger partial charge in [0.25, 0.3) is 5.56 Å². The number of hydrogen-bond donors (Lipinski definition) is 1. The smallest absolute Gasteiger partial charge is 0.355 e. The first kappa shape index (κ1) is 24.8. The third-order valence-corrected chi connectivity index (χ3v) is 5.86. The molecule has 0 saturated heterocycles. The van der Waals surface area contributed by atoms with E-state index >= 15 is 0 Å². The molecule has 6 nitrogen and oxygen atoms in total. The largest absolute Gasteiger partial charge is 0.416 e. The predicted molar refractivity (Wildman–Crippen MR) is 124 cm³/mol. The number of nitrogens with one attached hydrogen (secondary N) is 1. The number of aromatic nitrogens is 2. The first-order valence-electron chi connectivity index (χ1n) is 10.4. The second kappa shape index (κ2) is 10.8. The number of likely N-dealkylation sites (N-methyl/N-ethyl adjacent to an activating group) is 1. The second-order valence-corrected chi connectivity index (χ2v) is 8.77. The summed E-state index contributed by atoms with van der Waals surface area (Å²) in [6.45, 7) is 1.30. The standard InChI is InChI=1S/C23H25F3N4O2S/c1-29(2)13-12-27-20(31)11-6-14-33-22-28-19-10-4-3-9-18(19)21(32)30(22)17-8-5-7-16(15-17)23(24,25)26/h3-5,7-10,15H,6,11-14H2,1-2H3,(H,27,31). The van der Waals surface area contributed by atoms with Crippen molar-refractivity contribution in [1.29, 1.82) is 0 Å². The van der Waals surface area contributed by atoms with Gasteiger partial charge in [0, 0.05) is 25.3 Å². The van der Waals surface area contributed by atoms with Crippen molar-refractivity contribution in [2.75, 3.05) is 32.9 Å². The molecule has 0 saturated carbocycles. The molecule has 0 aliphatic carbocycles. The number of carbonyl (C=O) groups is 1. The maximum absolute atomic E-state index is 13.2. The van der Waals surface area contributed by atoms with Crippen LogP contribution in [0.1, 0.15) is 18.4 Å². The molecule has 33 heavy (non-hydrogen) atoms. The van der Waals surface area contributed by atoms with Gasteiger partial charge >= 0.3 is 6.18 Å². The topological polar surface area (TPSA) is 67.2 Å². The van der Waals surface area contributed by atoms with Gasteiger partial charge in [-0.25, -0.2) is 4.98 Å². The molecular weight excluding hydrogens is 453 g/mol. The SMILES string of the molecule is CN(C)CCNC(=O)CCCSc1nc2ccccc2c(=O)n1-c1cccc(C(F)(F)F)c1. The highest BCUT2D eigenvalue weighted by molar-refractivity contribution is 7.99. The molecule has 0 aliphatic rings. The highest BCUT2D eigenvalue weighted by Gasteiger charge is 2.30. The highest BCUT2D eigenvalue weighted by atomic mass is 32.2. The van der Waals surface area contributed by atoms with E-state index in [1.54, 1.807) is 24.3 Å². The summed E-state index contributed by atoms with van der Waals surface area (Å²) in [5, 5.41) is 3.44. The van der Waals surface area contributed by atoms with Gasteiger partial charge in [-0.1, -0.05) is 30.0 Å². The van der Waals surface area contributed by atoms with Gasteiger partial charge < -0.3 is 10.2 Å². The minimum Gasteiger partial charge on any atom is -0.355 e. The lowest BCUT2D eigenvalue weighted by molar-refractivity contribution is -0.137. The number of rotatable bonds is 9. The number of nitrogens with zero attached hydrogens (tertiary/aromatic N) is 3. The minimum absolute atomic E-state index is 0.0702. The van der Waals surface area contributed by atoms with Crippen molar-refractivity contribution in [3.63, 3.8) is 0 Å². The Bertz CT molecular complexity index is 1180. The van der Waals surface area contributed by atoms with E-state index in [0.717, 1.165) is 18.7 Å². The number of thioether (sulfide) groups is 1. The van der Waals surface area contributed by atoms with E-state index in [2.05, 4.69) is 10.3 Å². The van der Waals surface area contributed by atoms with Crippen molar-refractivity contribution in [2.24, 2.45) is 0 Å². The molecule has 1 heterocycles. The van der Waals surface area contributed by atoms with Crippen LogP contribution in [0.25, 0.3) is 16.6 Å². The van der Waals surface area contributed by atoms with Crippen molar-refractivity contribution < 1.29 is 18.0 Å². The Morgan fingerprint density at radius 3 is 2.64 bits per heavy atom. The van der Waals surface area contributed by atoms with Gasteiger partial charge in [-0.2, -0.15) is 13.2 Å². The third kappa shape index (κ3) is 6.58. The molecule has 0 unspecified atom stereocenters. The molecule has 1 aromatic heterocycles. The Balaban J connectivity index is 1.83. The van der Waals surface area contributed by atoms with E-state index in [1.165, 1.54) is 28.5 Å². The molecule has 0 fully saturated rings. The lowest BCUT2D eigenvalue weighted by Gasteiger charge is -2.15. The zero-order valence-corrected chi connectivity index (χ0v) is 19.2. The summed E-state index contributed by atoms with van der Waals surface area (Å²) in [7, 11) is 3.84. The van der Waals surface area contributed by atoms with Gasteiger partial charge in [0.1, 0.15) is 0 Å². The number of fused-ring (bicyclic) bond motifs is 1. The normalized spacial score (nSPS) is 11.8. The maximum Gasteiger partial charge on any atom is 0.416 e. The maximum atomic E-state index is 13.2. The summed E-state index contributed by atoms with van der Waals surface area (Å²) in [6.07, 6.45) is -3.69. The summed E-state index contributed by atoms with van der Waals surface area (Å²) in [5.41, 5.74) is -0.721. The van der Waals surface area contributed by atoms with Gasteiger partial charge in [-0.15, -0.1) is 0 Å². The molecule has 0 atom stereocenters. The van der Waals surface area contributed by atoms with Crippen LogP contribution in [0.5, 0.6) is 0 Å². The van der Waals surface area contributed by atoms with Crippen molar-refractivity contribution in [3.05, 3.63) is 64.4 Å². The molecule has 0 radical (unpaired) electrons. The number of hydrogen-bond acceptors (Lipinski definition) is 5. The van der Waals surface area contributed by atoms with Crippen LogP contribution in [-0.4, -0.2) is 53.3 Å². The monoisotopic (exact) mass is 478 g/mol. The van der Waals surface area contributed by atoms with Crippen LogP contribution in [0.3, 0.4) is 0 Å². The summed E-state index contributed by atoms with van der Waals surface area (Å²) in [4.78, 5) is 31.6. The fourth-order valence-electron chi connectivity index (χ4n) is 3.16. The van der Waals surface area contributed by atoms with Gasteiger partial charge in [0.2, 0.25) is 5.91 Å². The molecule has 0 aliphatic heterocycles. The van der Waals surface area contributed by atoms with Crippen LogP contribution in [0.15, 0.2) is 58.5 Å². The molecule has 2 aromatic carbocycles. The Kier molecular flexibility index (Phi) is 8.15. The van der Waals surface area contributed by atoms with Crippen molar-refractivity contribution in [2.45, 2.75) is 24.2 Å². The molecule has 10 heteroatoms. The summed E-state index contributed by atoms with van der Waals surface area (Å²) in [6, 6.07) is 11.3. The second-order valence-electron chi connectivity index (χ2n) is 7.71. The number of amides is 1. The van der Waals surface area contributed by atoms with E-state index in [9.17, 15) is 22.8 Å². The molecule has 0 bridgehead atoms. The van der Waals surface area contributed by atoms with E-state index in [0.29, 0.717) is 36.0 Å². The molecule has 3 aromatic rings. The van der Waals surface area contributed by atoms with Crippen LogP contribution in [-0.2, 0) is 11.0 Å². The van der Waals surface area contributed by atoms with E-state index in [1.807, 2.05) is 19.0 Å². The first-order chi connectivity index (χ1) is 15.7. The van der Waals surface area contributed by atoms with Crippen LogP contribution in [0.2, 0.25) is 0 Å². The van der Waals surface area contributed by atoms with Crippen molar-refractivity contribution in [1.82, 2.24) is 19.8 Å². The highest BCUT2D eigenvalue weighted by Crippen LogP contribution is 2.31. The van der Waals surface area contributed by atoms with Crippen molar-refractivity contribution in [3.8, 4) is 5.69 Å². The summed E-state index contributed by atoms with van der Waals surface area (Å²) < 4.78 is 40.9. The van der Waals surface area contributed by atoms with E-state index in [-0.39, 0.29) is 16.8 Å². The fraction of sp³-hybridized carbons (Fsp3) is 0.348. The van der Waals surface area contributed by atoms with Gasteiger partial charge in [0.15, 0.2) is 5.16 Å². The molecule has 1 N–H and O–H groups in total. The molecular formula is C23H25F3N4O2S. The van der Waals surface area contributed by atoms with Crippen LogP contribution < -0.4 is 10.9 Å². The predicted octanol–water partition coefficient (Wildman–Crippen LogP) is 3.95. The lowest BCUT2D eigenvalue weighted by atomic mass is 10.2. The third-order valence-electron chi connectivity index (χ3n) is 4.84. The summed E-state index contributed by atoms with van der Waals surface area (Å²) >= 11 is 1.24. The van der Waals surface area contributed by atoms with Gasteiger partial charge in [-0.05, 0) is 50.8 Å². The van der Waals surface area contributed by atoms with E-state index in [4.69, 9.17) is 0 Å². The number of benzene rings is 2. The number of alkyl halides is 3. The fourth-order valence-corrected chi connectivity index (χ4v) is 4.11. The Morgan fingerprint density at radius 2 is 1.91 bits per heavy atom. The quantitative estimate of drug-likeness (QED) is 0.287. The first-order valence-corrected chi connectivity index (χ1v) is 11.4. The molecule has 0 spiro atoms. The Labute approximate surface area is 193 Å². The number of para-hydroxylation sites is 1. The van der Waals surface area contributed by atoms with Crippen molar-refractivity contribution >= 4 is 28.6 Å². The van der Waals surface area contributed by atoms with Crippen LogP contribution >= 0.6 is 11.8 Å².